The maximum atomic E-state index is 13.9. The summed E-state index contributed by atoms with van der Waals surface area (Å²) in [6, 6.07) is 4.44. The first-order valence-electron chi connectivity index (χ1n) is 5.30. The minimum absolute atomic E-state index is 0.0212. The zero-order valence-electron chi connectivity index (χ0n) is 10.1. The first kappa shape index (κ1) is 12.5. The van der Waals surface area contributed by atoms with Gasteiger partial charge in [0, 0.05) is 31.4 Å². The van der Waals surface area contributed by atoms with E-state index in [4.69, 9.17) is 10.5 Å². The van der Waals surface area contributed by atoms with Crippen molar-refractivity contribution in [2.75, 3.05) is 12.8 Å². The Bertz CT molecular complexity index is 561. The number of aromatic nitrogens is 2. The number of hydrogen-bond donors (Lipinski definition) is 1. The number of methoxy groups -OCH3 is 1. The van der Waals surface area contributed by atoms with Gasteiger partial charge in [-0.05, 0) is 6.07 Å². The van der Waals surface area contributed by atoms with E-state index in [1.807, 2.05) is 0 Å². The first-order valence-corrected chi connectivity index (χ1v) is 5.30. The van der Waals surface area contributed by atoms with Crippen LogP contribution in [0.25, 0.3) is 11.3 Å². The van der Waals surface area contributed by atoms with Crippen molar-refractivity contribution in [3.63, 3.8) is 0 Å². The van der Waals surface area contributed by atoms with Gasteiger partial charge in [0.25, 0.3) is 0 Å². The Morgan fingerprint density at radius 3 is 2.61 bits per heavy atom. The lowest BCUT2D eigenvalue weighted by molar-refractivity contribution is 0.180. The van der Waals surface area contributed by atoms with E-state index in [0.29, 0.717) is 11.5 Å². The van der Waals surface area contributed by atoms with Crippen LogP contribution >= 0.6 is 0 Å². The van der Waals surface area contributed by atoms with Crippen LogP contribution in [-0.2, 0) is 18.4 Å². The average molecular weight is 253 g/mol. The molecule has 0 aliphatic carbocycles. The normalized spacial score (nSPS) is 10.9. The van der Waals surface area contributed by atoms with Crippen LogP contribution in [0, 0.1) is 11.6 Å². The molecule has 0 aliphatic rings. The van der Waals surface area contributed by atoms with E-state index >= 15 is 0 Å². The number of anilines is 1. The third-order valence-corrected chi connectivity index (χ3v) is 2.65. The van der Waals surface area contributed by atoms with Gasteiger partial charge in [-0.2, -0.15) is 5.10 Å². The predicted octanol–water partition coefficient (Wildman–Crippen LogP) is 2.09. The first-order chi connectivity index (χ1) is 8.54. The summed E-state index contributed by atoms with van der Waals surface area (Å²) in [6.45, 7) is 0.0212. The number of rotatable bonds is 3. The Balaban J connectivity index is 2.49. The summed E-state index contributed by atoms with van der Waals surface area (Å²) in [4.78, 5) is 0. The highest BCUT2D eigenvalue weighted by molar-refractivity contribution is 5.63. The molecular formula is C12H13F2N3O. The highest BCUT2D eigenvalue weighted by Crippen LogP contribution is 2.26. The molecule has 0 amide bonds. The molecule has 6 heteroatoms. The molecule has 1 aromatic heterocycles. The van der Waals surface area contributed by atoms with Gasteiger partial charge in [-0.25, -0.2) is 8.78 Å². The number of ether oxygens (including phenoxy) is 1. The molecule has 18 heavy (non-hydrogen) atoms. The second-order valence-corrected chi connectivity index (χ2v) is 3.91. The molecule has 0 unspecified atom stereocenters. The van der Waals surface area contributed by atoms with Crippen LogP contribution in [0.1, 0.15) is 5.56 Å². The third kappa shape index (κ3) is 2.06. The number of benzene rings is 1. The number of halogens is 2. The Morgan fingerprint density at radius 2 is 2.06 bits per heavy atom. The van der Waals surface area contributed by atoms with Crippen molar-refractivity contribution in [2.45, 2.75) is 6.61 Å². The molecule has 0 spiro atoms. The van der Waals surface area contributed by atoms with Crippen molar-refractivity contribution in [2.24, 2.45) is 7.05 Å². The maximum Gasteiger partial charge on any atom is 0.168 e. The van der Waals surface area contributed by atoms with Gasteiger partial charge in [-0.15, -0.1) is 0 Å². The van der Waals surface area contributed by atoms with Crippen molar-refractivity contribution in [3.8, 4) is 11.3 Å². The van der Waals surface area contributed by atoms with E-state index in [1.165, 1.54) is 30.0 Å². The van der Waals surface area contributed by atoms with Crippen molar-refractivity contribution in [1.29, 1.82) is 0 Å². The SMILES string of the molecule is COCc1ccc(-c2cc(N)n(C)n2)c(F)c1F. The lowest BCUT2D eigenvalue weighted by Crippen LogP contribution is -1.99. The molecule has 0 aliphatic heterocycles. The molecule has 0 bridgehead atoms. The molecule has 2 aromatic rings. The summed E-state index contributed by atoms with van der Waals surface area (Å²) in [6.07, 6.45) is 0. The second-order valence-electron chi connectivity index (χ2n) is 3.91. The highest BCUT2D eigenvalue weighted by Gasteiger charge is 2.16. The molecule has 0 saturated carbocycles. The van der Waals surface area contributed by atoms with Gasteiger partial charge < -0.3 is 10.5 Å². The Morgan fingerprint density at radius 1 is 1.33 bits per heavy atom. The van der Waals surface area contributed by atoms with Gasteiger partial charge in [0.05, 0.1) is 12.3 Å². The fourth-order valence-corrected chi connectivity index (χ4v) is 1.67. The molecule has 96 valence electrons. The van der Waals surface area contributed by atoms with Crippen molar-refractivity contribution >= 4 is 5.82 Å². The molecule has 0 radical (unpaired) electrons. The van der Waals surface area contributed by atoms with Crippen LogP contribution < -0.4 is 5.73 Å². The number of aryl methyl sites for hydroxylation is 1. The fourth-order valence-electron chi connectivity index (χ4n) is 1.67. The van der Waals surface area contributed by atoms with Gasteiger partial charge in [-0.1, -0.05) is 6.07 Å². The summed E-state index contributed by atoms with van der Waals surface area (Å²) in [5.74, 6) is -1.48. The van der Waals surface area contributed by atoms with E-state index in [0.717, 1.165) is 0 Å². The lowest BCUT2D eigenvalue weighted by atomic mass is 10.1. The number of nitrogen functional groups attached to an aromatic ring is 1. The Labute approximate surface area is 103 Å². The van der Waals surface area contributed by atoms with Gasteiger partial charge in [0.1, 0.15) is 5.82 Å². The van der Waals surface area contributed by atoms with Crippen LogP contribution in [-0.4, -0.2) is 16.9 Å². The summed E-state index contributed by atoms with van der Waals surface area (Å²) >= 11 is 0. The van der Waals surface area contributed by atoms with Crippen LogP contribution in [0.2, 0.25) is 0 Å². The third-order valence-electron chi connectivity index (χ3n) is 2.65. The van der Waals surface area contributed by atoms with E-state index in [1.54, 1.807) is 7.05 Å². The van der Waals surface area contributed by atoms with Gasteiger partial charge in [0.2, 0.25) is 0 Å². The summed E-state index contributed by atoms with van der Waals surface area (Å²) in [7, 11) is 3.05. The zero-order valence-corrected chi connectivity index (χ0v) is 10.1. The standard InChI is InChI=1S/C12H13F2N3O/c1-17-10(15)5-9(16-17)8-4-3-7(6-18-2)11(13)12(8)14/h3-5H,6,15H2,1-2H3. The van der Waals surface area contributed by atoms with Crippen LogP contribution in [0.15, 0.2) is 18.2 Å². The minimum atomic E-state index is -0.942. The topological polar surface area (TPSA) is 53.1 Å². The van der Waals surface area contributed by atoms with Crippen molar-refractivity contribution in [1.82, 2.24) is 9.78 Å². The van der Waals surface area contributed by atoms with Crippen molar-refractivity contribution in [3.05, 3.63) is 35.4 Å². The summed E-state index contributed by atoms with van der Waals surface area (Å²) in [5.41, 5.74) is 6.16. The van der Waals surface area contributed by atoms with Crippen LogP contribution in [0.4, 0.5) is 14.6 Å². The minimum Gasteiger partial charge on any atom is -0.384 e. The molecule has 0 atom stereocenters. The monoisotopic (exact) mass is 253 g/mol. The van der Waals surface area contributed by atoms with Crippen LogP contribution in [0.5, 0.6) is 0 Å². The van der Waals surface area contributed by atoms with E-state index < -0.39 is 11.6 Å². The highest BCUT2D eigenvalue weighted by atomic mass is 19.2. The van der Waals surface area contributed by atoms with Gasteiger partial charge in [0.15, 0.2) is 11.6 Å². The number of nitrogens with two attached hydrogens (primary N) is 1. The fraction of sp³-hybridized carbons (Fsp3) is 0.250. The smallest absolute Gasteiger partial charge is 0.168 e. The average Bonchev–Trinajstić information content (AvgIpc) is 2.66. The molecule has 2 rings (SSSR count). The van der Waals surface area contributed by atoms with E-state index in [2.05, 4.69) is 5.10 Å². The van der Waals surface area contributed by atoms with Gasteiger partial charge in [-0.3, -0.25) is 4.68 Å². The quantitative estimate of drug-likeness (QED) is 0.911. The van der Waals surface area contributed by atoms with Crippen molar-refractivity contribution < 1.29 is 13.5 Å². The second kappa shape index (κ2) is 4.73. The Hall–Kier alpha value is -1.95. The lowest BCUT2D eigenvalue weighted by Gasteiger charge is -2.06. The van der Waals surface area contributed by atoms with Crippen LogP contribution in [0.3, 0.4) is 0 Å². The number of nitrogens with zero attached hydrogens (tertiary/aromatic N) is 2. The molecule has 0 saturated heterocycles. The molecule has 0 fully saturated rings. The molecule has 2 N–H and O–H groups in total. The van der Waals surface area contributed by atoms with E-state index in [9.17, 15) is 8.78 Å². The largest absolute Gasteiger partial charge is 0.384 e. The predicted molar refractivity (Wildman–Crippen MR) is 63.7 cm³/mol. The maximum absolute atomic E-state index is 13.9. The van der Waals surface area contributed by atoms with E-state index in [-0.39, 0.29) is 17.7 Å². The number of hydrogen-bond acceptors (Lipinski definition) is 3. The Kier molecular flexibility index (Phi) is 3.29. The zero-order chi connectivity index (χ0) is 13.3. The summed E-state index contributed by atoms with van der Waals surface area (Å²) < 4.78 is 33.8. The molecular weight excluding hydrogens is 240 g/mol. The molecule has 1 heterocycles. The molecule has 1 aromatic carbocycles. The molecule has 4 nitrogen and oxygen atoms in total. The summed E-state index contributed by atoms with van der Waals surface area (Å²) in [5, 5.41) is 4.01. The van der Waals surface area contributed by atoms with Gasteiger partial charge >= 0.3 is 0 Å².